The molecule has 0 fully saturated rings. The van der Waals surface area contributed by atoms with Crippen LogP contribution in [0, 0.1) is 0 Å². The van der Waals surface area contributed by atoms with Crippen molar-refractivity contribution in [2.24, 2.45) is 0 Å². The van der Waals surface area contributed by atoms with Crippen molar-refractivity contribution in [1.29, 1.82) is 0 Å². The minimum Gasteiger partial charge on any atom is -0.497 e. The summed E-state index contributed by atoms with van der Waals surface area (Å²) in [6.45, 7) is 0.721. The fourth-order valence-corrected chi connectivity index (χ4v) is 2.28. The summed E-state index contributed by atoms with van der Waals surface area (Å²) in [4.78, 5) is 39.9. The predicted molar refractivity (Wildman–Crippen MR) is 95.6 cm³/mol. The molecule has 1 atom stereocenters. The fraction of sp³-hybridized carbons (Fsp3) is 0.263. The third kappa shape index (κ3) is 5.53. The van der Waals surface area contributed by atoms with Crippen LogP contribution in [0.1, 0.15) is 28.9 Å². The Hall–Kier alpha value is -3.42. The molecule has 142 valence electrons. The zero-order chi connectivity index (χ0) is 19.8. The van der Waals surface area contributed by atoms with Gasteiger partial charge < -0.3 is 19.5 Å². The van der Waals surface area contributed by atoms with Gasteiger partial charge in [-0.3, -0.25) is 14.4 Å². The molecule has 1 N–H and O–H groups in total. The molecule has 0 saturated carbocycles. The lowest BCUT2D eigenvalue weighted by molar-refractivity contribution is -0.146. The zero-order valence-corrected chi connectivity index (χ0v) is 15.2. The minimum atomic E-state index is -0.978. The molecule has 27 heavy (non-hydrogen) atoms. The normalized spacial score (nSPS) is 11.2. The molecular weight excluding hydrogens is 352 g/mol. The van der Waals surface area contributed by atoms with Gasteiger partial charge >= 0.3 is 5.97 Å². The van der Waals surface area contributed by atoms with Crippen molar-refractivity contribution in [2.45, 2.75) is 13.0 Å². The average Bonchev–Trinajstić information content (AvgIpc) is 2.70. The van der Waals surface area contributed by atoms with E-state index in [1.54, 1.807) is 36.4 Å². The molecule has 1 heterocycles. The van der Waals surface area contributed by atoms with Crippen molar-refractivity contribution in [3.63, 3.8) is 0 Å². The van der Waals surface area contributed by atoms with Gasteiger partial charge in [0.1, 0.15) is 11.8 Å². The van der Waals surface area contributed by atoms with Gasteiger partial charge in [-0.05, 0) is 23.8 Å². The van der Waals surface area contributed by atoms with E-state index in [2.05, 4.69) is 15.0 Å². The summed E-state index contributed by atoms with van der Waals surface area (Å²) >= 11 is 0. The van der Waals surface area contributed by atoms with E-state index in [1.165, 1.54) is 27.3 Å². The van der Waals surface area contributed by atoms with Gasteiger partial charge in [0.15, 0.2) is 12.4 Å². The number of nitrogens with one attached hydrogen (secondary N) is 1. The molecule has 2 aromatic rings. The first kappa shape index (κ1) is 19.9. The molecule has 0 bridgehead atoms. The molecule has 8 nitrogen and oxygen atoms in total. The van der Waals surface area contributed by atoms with Crippen molar-refractivity contribution in [2.75, 3.05) is 20.8 Å². The van der Waals surface area contributed by atoms with E-state index in [-0.39, 0.29) is 5.78 Å². The van der Waals surface area contributed by atoms with Gasteiger partial charge in [0, 0.05) is 24.8 Å². The van der Waals surface area contributed by atoms with Crippen LogP contribution in [0.2, 0.25) is 0 Å². The molecule has 1 aromatic carbocycles. The van der Waals surface area contributed by atoms with Crippen LogP contribution in [0.4, 0.5) is 0 Å². The van der Waals surface area contributed by atoms with Crippen LogP contribution in [-0.2, 0) is 14.3 Å². The highest BCUT2D eigenvalue weighted by atomic mass is 16.5. The lowest BCUT2D eigenvalue weighted by Gasteiger charge is -2.18. The maximum Gasteiger partial charge on any atom is 0.303 e. The Morgan fingerprint density at radius 2 is 1.74 bits per heavy atom. The standard InChI is InChI=1S/C19H20N2O6/c1-12(22)27-11-16(23)21-18(13-4-7-15(25-2)8-5-13)19(24)14-6-9-17(26-3)20-10-14/h4-10,18H,11H2,1-3H3,(H,21,23). The van der Waals surface area contributed by atoms with Gasteiger partial charge in [-0.2, -0.15) is 0 Å². The van der Waals surface area contributed by atoms with Crippen LogP contribution in [0.5, 0.6) is 11.6 Å². The summed E-state index contributed by atoms with van der Waals surface area (Å²) in [6.07, 6.45) is 1.37. The number of amides is 1. The van der Waals surface area contributed by atoms with E-state index in [0.29, 0.717) is 22.8 Å². The van der Waals surface area contributed by atoms with Gasteiger partial charge in [0.05, 0.1) is 14.2 Å². The average molecular weight is 372 g/mol. The van der Waals surface area contributed by atoms with Crippen LogP contribution < -0.4 is 14.8 Å². The Morgan fingerprint density at radius 1 is 1.04 bits per heavy atom. The van der Waals surface area contributed by atoms with Crippen molar-refractivity contribution >= 4 is 17.7 Å². The summed E-state index contributed by atoms with van der Waals surface area (Å²) in [5.74, 6) is -0.571. The number of ketones is 1. The summed E-state index contributed by atoms with van der Waals surface area (Å²) in [5, 5.41) is 2.59. The molecule has 0 saturated heterocycles. The number of Topliss-reactive ketones (excluding diaryl/α,β-unsaturated/α-hetero) is 1. The van der Waals surface area contributed by atoms with Crippen molar-refractivity contribution in [3.05, 3.63) is 53.7 Å². The number of carbonyl (C=O) groups excluding carboxylic acids is 3. The lowest BCUT2D eigenvalue weighted by atomic mass is 9.98. The third-order valence-corrected chi connectivity index (χ3v) is 3.65. The summed E-state index contributed by atoms with van der Waals surface area (Å²) in [5.41, 5.74) is 0.845. The SMILES string of the molecule is COc1ccc(C(NC(=O)COC(C)=O)C(=O)c2ccc(OC)nc2)cc1. The molecule has 1 aromatic heterocycles. The lowest BCUT2D eigenvalue weighted by Crippen LogP contribution is -2.36. The van der Waals surface area contributed by atoms with Crippen LogP contribution >= 0.6 is 0 Å². The Morgan fingerprint density at radius 3 is 2.26 bits per heavy atom. The number of carbonyl (C=O) groups is 3. The summed E-state index contributed by atoms with van der Waals surface area (Å²) in [7, 11) is 3.00. The molecular formula is C19H20N2O6. The molecule has 0 aliphatic rings. The highest BCUT2D eigenvalue weighted by Crippen LogP contribution is 2.22. The van der Waals surface area contributed by atoms with Crippen LogP contribution in [-0.4, -0.2) is 43.5 Å². The molecule has 2 rings (SSSR count). The van der Waals surface area contributed by atoms with Crippen LogP contribution in [0.25, 0.3) is 0 Å². The maximum atomic E-state index is 12.9. The van der Waals surface area contributed by atoms with Gasteiger partial charge in [0.25, 0.3) is 5.91 Å². The van der Waals surface area contributed by atoms with E-state index < -0.39 is 24.5 Å². The molecule has 0 radical (unpaired) electrons. The molecule has 0 aliphatic carbocycles. The number of aromatic nitrogens is 1. The first-order valence-electron chi connectivity index (χ1n) is 8.05. The van der Waals surface area contributed by atoms with E-state index >= 15 is 0 Å². The topological polar surface area (TPSA) is 104 Å². The highest BCUT2D eigenvalue weighted by Gasteiger charge is 2.25. The monoisotopic (exact) mass is 372 g/mol. The first-order chi connectivity index (χ1) is 12.9. The molecule has 8 heteroatoms. The number of pyridine rings is 1. The number of methoxy groups -OCH3 is 2. The first-order valence-corrected chi connectivity index (χ1v) is 8.05. The maximum absolute atomic E-state index is 12.9. The summed E-state index contributed by atoms with van der Waals surface area (Å²) < 4.78 is 14.8. The number of nitrogens with zero attached hydrogens (tertiary/aromatic N) is 1. The number of ether oxygens (including phenoxy) is 3. The van der Waals surface area contributed by atoms with E-state index in [0.717, 1.165) is 0 Å². The van der Waals surface area contributed by atoms with Crippen LogP contribution in [0.15, 0.2) is 42.6 Å². The van der Waals surface area contributed by atoms with E-state index in [4.69, 9.17) is 9.47 Å². The predicted octanol–water partition coefficient (Wildman–Crippen LogP) is 1.70. The van der Waals surface area contributed by atoms with E-state index in [9.17, 15) is 14.4 Å². The van der Waals surface area contributed by atoms with Crippen molar-refractivity contribution < 1.29 is 28.6 Å². The Kier molecular flexibility index (Phi) is 6.87. The molecule has 1 amide bonds. The van der Waals surface area contributed by atoms with Crippen molar-refractivity contribution in [1.82, 2.24) is 10.3 Å². The molecule has 1 unspecified atom stereocenters. The molecule has 0 aliphatic heterocycles. The second-order valence-electron chi connectivity index (χ2n) is 5.51. The minimum absolute atomic E-state index is 0.296. The van der Waals surface area contributed by atoms with Gasteiger partial charge in [-0.1, -0.05) is 12.1 Å². The highest BCUT2D eigenvalue weighted by molar-refractivity contribution is 6.02. The Labute approximate surface area is 156 Å². The number of benzene rings is 1. The Bertz CT molecular complexity index is 802. The van der Waals surface area contributed by atoms with Gasteiger partial charge in [-0.15, -0.1) is 0 Å². The quantitative estimate of drug-likeness (QED) is 0.555. The Balaban J connectivity index is 2.27. The van der Waals surface area contributed by atoms with Gasteiger partial charge in [0.2, 0.25) is 5.88 Å². The number of hydrogen-bond acceptors (Lipinski definition) is 7. The number of esters is 1. The van der Waals surface area contributed by atoms with Crippen LogP contribution in [0.3, 0.4) is 0 Å². The second-order valence-corrected chi connectivity index (χ2v) is 5.51. The van der Waals surface area contributed by atoms with Crippen molar-refractivity contribution in [3.8, 4) is 11.6 Å². The third-order valence-electron chi connectivity index (χ3n) is 3.65. The fourth-order valence-electron chi connectivity index (χ4n) is 2.28. The zero-order valence-electron chi connectivity index (χ0n) is 15.2. The second kappa shape index (κ2) is 9.33. The van der Waals surface area contributed by atoms with Gasteiger partial charge in [-0.25, -0.2) is 4.98 Å². The largest absolute Gasteiger partial charge is 0.497 e. The smallest absolute Gasteiger partial charge is 0.303 e. The number of hydrogen-bond donors (Lipinski definition) is 1. The summed E-state index contributed by atoms with van der Waals surface area (Å²) in [6, 6.07) is 8.84. The molecule has 0 spiro atoms. The number of rotatable bonds is 8. The van der Waals surface area contributed by atoms with E-state index in [1.807, 2.05) is 0 Å².